The van der Waals surface area contributed by atoms with Crippen molar-refractivity contribution in [2.45, 2.75) is 90.9 Å². The van der Waals surface area contributed by atoms with Gasteiger partial charge in [0.15, 0.2) is 0 Å². The first-order valence-corrected chi connectivity index (χ1v) is 18.3. The highest BCUT2D eigenvalue weighted by molar-refractivity contribution is 5.21. The van der Waals surface area contributed by atoms with Gasteiger partial charge in [-0.05, 0) is 184 Å². The van der Waals surface area contributed by atoms with E-state index in [0.29, 0.717) is 0 Å². The van der Waals surface area contributed by atoms with E-state index in [1.807, 2.05) is 0 Å². The van der Waals surface area contributed by atoms with Crippen molar-refractivity contribution in [2.75, 3.05) is 0 Å². The van der Waals surface area contributed by atoms with E-state index in [0.717, 1.165) is 107 Å². The van der Waals surface area contributed by atoms with Gasteiger partial charge in [0.1, 0.15) is 0 Å². The highest BCUT2D eigenvalue weighted by atomic mass is 14.6. The Bertz CT molecular complexity index is 1050. The van der Waals surface area contributed by atoms with Gasteiger partial charge < -0.3 is 0 Å². The Balaban J connectivity index is 0.0000000793. The van der Waals surface area contributed by atoms with Crippen molar-refractivity contribution in [3.63, 3.8) is 0 Å². The second-order valence-corrected chi connectivity index (χ2v) is 17.4. The molecule has 0 aliphatic heterocycles. The van der Waals surface area contributed by atoms with Gasteiger partial charge in [0.25, 0.3) is 0 Å². The zero-order chi connectivity index (χ0) is 26.5. The normalized spacial score (nSPS) is 59.1. The molecule has 0 N–H and O–H groups in total. The molecule has 12 rings (SSSR count). The van der Waals surface area contributed by atoms with E-state index in [1.165, 1.54) is 44.9 Å². The molecule has 12 bridgehead atoms. The average Bonchev–Trinajstić information content (AvgIpc) is 3.82. The van der Waals surface area contributed by atoms with Crippen LogP contribution in [0.2, 0.25) is 0 Å². The number of hydrogen-bond acceptors (Lipinski definition) is 0. The number of allylic oxidation sites excluding steroid dienone is 8. The van der Waals surface area contributed by atoms with Crippen molar-refractivity contribution >= 4 is 0 Å². The summed E-state index contributed by atoms with van der Waals surface area (Å²) in [4.78, 5) is 0. The van der Waals surface area contributed by atoms with Gasteiger partial charge in [0.2, 0.25) is 0 Å². The Morgan fingerprint density at radius 1 is 0.350 bits per heavy atom. The molecule has 0 aromatic carbocycles. The van der Waals surface area contributed by atoms with Crippen molar-refractivity contribution in [3.05, 3.63) is 48.6 Å². The van der Waals surface area contributed by atoms with E-state index < -0.39 is 0 Å². The van der Waals surface area contributed by atoms with Crippen LogP contribution in [0, 0.1) is 107 Å². The molecule has 8 saturated carbocycles. The van der Waals surface area contributed by atoms with E-state index in [4.69, 9.17) is 0 Å². The summed E-state index contributed by atoms with van der Waals surface area (Å²) in [5.41, 5.74) is 0. The van der Waals surface area contributed by atoms with Crippen LogP contribution in [0.25, 0.3) is 0 Å². The molecule has 0 amide bonds. The van der Waals surface area contributed by atoms with Crippen LogP contribution in [0.5, 0.6) is 0 Å². The third-order valence-electron chi connectivity index (χ3n) is 15.6. The van der Waals surface area contributed by atoms with Crippen LogP contribution in [0.1, 0.15) is 90.9 Å². The highest BCUT2D eigenvalue weighted by Gasteiger charge is 2.60. The summed E-state index contributed by atoms with van der Waals surface area (Å²) in [6.45, 7) is 4.87. The Labute approximate surface area is 245 Å². The Kier molecular flexibility index (Phi) is 6.20. The van der Waals surface area contributed by atoms with Crippen molar-refractivity contribution < 1.29 is 0 Å². The molecule has 216 valence electrons. The molecule has 0 saturated heterocycles. The number of rotatable bonds is 0. The lowest BCUT2D eigenvalue weighted by Gasteiger charge is -2.35. The lowest BCUT2D eigenvalue weighted by Crippen LogP contribution is -2.29. The molecule has 40 heavy (non-hydrogen) atoms. The van der Waals surface area contributed by atoms with Crippen LogP contribution in [-0.4, -0.2) is 0 Å². The van der Waals surface area contributed by atoms with Crippen molar-refractivity contribution in [2.24, 2.45) is 107 Å². The molecule has 0 aromatic heterocycles. The Hall–Kier alpha value is -1.04. The number of hydrogen-bond donors (Lipinski definition) is 0. The Morgan fingerprint density at radius 2 is 0.900 bits per heavy atom. The lowest BCUT2D eigenvalue weighted by molar-refractivity contribution is 0.160. The molecule has 0 spiro atoms. The molecule has 18 atom stereocenters. The second-order valence-electron chi connectivity index (χ2n) is 17.4. The molecule has 0 aromatic rings. The maximum Gasteiger partial charge on any atom is -0.0194 e. The highest BCUT2D eigenvalue weighted by Crippen LogP contribution is 2.67. The van der Waals surface area contributed by atoms with Gasteiger partial charge in [-0.3, -0.25) is 0 Å². The lowest BCUT2D eigenvalue weighted by atomic mass is 9.70. The van der Waals surface area contributed by atoms with Crippen LogP contribution < -0.4 is 0 Å². The van der Waals surface area contributed by atoms with E-state index in [1.54, 1.807) is 32.1 Å². The first-order chi connectivity index (χ1) is 19.6. The fourth-order valence-corrected chi connectivity index (χ4v) is 14.1. The zero-order valence-electron chi connectivity index (χ0n) is 25.5. The van der Waals surface area contributed by atoms with Gasteiger partial charge in [0, 0.05) is 0 Å². The fourth-order valence-electron chi connectivity index (χ4n) is 14.1. The van der Waals surface area contributed by atoms with Crippen molar-refractivity contribution in [1.82, 2.24) is 0 Å². The van der Waals surface area contributed by atoms with Gasteiger partial charge >= 0.3 is 0 Å². The summed E-state index contributed by atoms with van der Waals surface area (Å²) in [6.07, 6.45) is 38.0. The van der Waals surface area contributed by atoms with E-state index in [-0.39, 0.29) is 0 Å². The average molecular weight is 537 g/mol. The van der Waals surface area contributed by atoms with E-state index in [2.05, 4.69) is 62.5 Å². The van der Waals surface area contributed by atoms with Gasteiger partial charge in [-0.1, -0.05) is 62.5 Å². The van der Waals surface area contributed by atoms with Crippen molar-refractivity contribution in [1.29, 1.82) is 0 Å². The molecule has 18 unspecified atom stereocenters. The summed E-state index contributed by atoms with van der Waals surface area (Å²) >= 11 is 0. The van der Waals surface area contributed by atoms with E-state index >= 15 is 0 Å². The van der Waals surface area contributed by atoms with Gasteiger partial charge in [-0.15, -0.1) is 0 Å². The minimum absolute atomic E-state index is 0.958. The second kappa shape index (κ2) is 9.74. The summed E-state index contributed by atoms with van der Waals surface area (Å²) in [5, 5.41) is 0. The summed E-state index contributed by atoms with van der Waals surface area (Å²) in [5.74, 6) is 19.1. The maximum atomic E-state index is 2.54. The molecule has 12 aliphatic carbocycles. The molecular weight excluding hydrogens is 480 g/mol. The number of fused-ring (bicyclic) bond motifs is 22. The maximum absolute atomic E-state index is 2.54. The quantitative estimate of drug-likeness (QED) is 0.213. The SMILES string of the molecule is C1=CC2CC1C1C3CCC(C3)C21.C1=CC2CCC1C2.CC1CC2C=CC1C2.CC1CC2CC1C1C3C=CC(C3)C21. The zero-order valence-corrected chi connectivity index (χ0v) is 25.5. The van der Waals surface area contributed by atoms with Gasteiger partial charge in [0.05, 0.1) is 0 Å². The largest absolute Gasteiger partial charge is 0.0851 e. The van der Waals surface area contributed by atoms with Gasteiger partial charge in [-0.25, -0.2) is 0 Å². The first kappa shape index (κ1) is 25.5. The minimum Gasteiger partial charge on any atom is -0.0851 e. The predicted molar refractivity (Wildman–Crippen MR) is 166 cm³/mol. The predicted octanol–water partition coefficient (Wildman–Crippen LogP) is 10.1. The van der Waals surface area contributed by atoms with Crippen LogP contribution >= 0.6 is 0 Å². The smallest absolute Gasteiger partial charge is 0.0194 e. The monoisotopic (exact) mass is 536 g/mol. The summed E-state index contributed by atoms with van der Waals surface area (Å²) in [7, 11) is 0. The topological polar surface area (TPSA) is 0 Å². The molecule has 12 aliphatic rings. The van der Waals surface area contributed by atoms with Crippen LogP contribution in [0.3, 0.4) is 0 Å². The Morgan fingerprint density at radius 3 is 1.35 bits per heavy atom. The third kappa shape index (κ3) is 4.03. The minimum atomic E-state index is 0.958. The summed E-state index contributed by atoms with van der Waals surface area (Å²) < 4.78 is 0. The molecule has 0 heteroatoms. The molecule has 0 radical (unpaired) electrons. The molecule has 0 heterocycles. The fraction of sp³-hybridized carbons (Fsp3) is 0.800. The van der Waals surface area contributed by atoms with Crippen LogP contribution in [0.15, 0.2) is 48.6 Å². The standard InChI is InChI=1S/C13H18.C12H16.C8H12.C7H10/c1-7-4-10-6-11(7)13-9-3-2-8(5-9)12(10)13;1-2-8-5-7(1)11-9-3-4-10(6-9)12(8)11;1-6-4-7-2-3-8(6)5-7;1-2-7-4-3-6(1)5-7/h2-3,7-13H,4-6H2,1H3;1-2,7-12H,3-6H2;2-3,6-8H,4-5H2,1H3;1-2,6-7H,3-5H2. The van der Waals surface area contributed by atoms with Crippen molar-refractivity contribution in [3.8, 4) is 0 Å². The van der Waals surface area contributed by atoms with Gasteiger partial charge in [-0.2, -0.15) is 0 Å². The van der Waals surface area contributed by atoms with Crippen LogP contribution in [0.4, 0.5) is 0 Å². The molecule has 8 fully saturated rings. The first-order valence-electron chi connectivity index (χ1n) is 18.3. The summed E-state index contributed by atoms with van der Waals surface area (Å²) in [6, 6.07) is 0. The van der Waals surface area contributed by atoms with E-state index in [9.17, 15) is 0 Å². The molecular formula is C40H56. The van der Waals surface area contributed by atoms with Crippen LogP contribution in [-0.2, 0) is 0 Å². The molecule has 0 nitrogen and oxygen atoms in total. The third-order valence-corrected chi connectivity index (χ3v) is 15.6.